The number of ether oxygens (including phenoxy) is 4. The van der Waals surface area contributed by atoms with Gasteiger partial charge in [0.05, 0.1) is 34.5 Å². The molecule has 0 radical (unpaired) electrons. The lowest BCUT2D eigenvalue weighted by atomic mass is 9.88. The van der Waals surface area contributed by atoms with E-state index in [0.29, 0.717) is 22.4 Å². The first-order valence-electron chi connectivity index (χ1n) is 11.2. The van der Waals surface area contributed by atoms with Crippen molar-refractivity contribution >= 4 is 23.0 Å². The van der Waals surface area contributed by atoms with Crippen molar-refractivity contribution in [3.05, 3.63) is 77.4 Å². The van der Waals surface area contributed by atoms with Crippen LogP contribution in [-0.2, 0) is 12.8 Å². The molecule has 1 N–H and O–H groups in total. The Morgan fingerprint density at radius 3 is 2.18 bits per heavy atom. The van der Waals surface area contributed by atoms with Crippen molar-refractivity contribution in [1.29, 1.82) is 0 Å². The first-order valence-corrected chi connectivity index (χ1v) is 11.6. The highest BCUT2D eigenvalue weighted by Crippen LogP contribution is 2.40. The van der Waals surface area contributed by atoms with Gasteiger partial charge in [0.2, 0.25) is 0 Å². The minimum atomic E-state index is 0.00497. The lowest BCUT2D eigenvalue weighted by Gasteiger charge is -2.39. The molecule has 0 bridgehead atoms. The molecule has 7 heteroatoms. The van der Waals surface area contributed by atoms with Crippen molar-refractivity contribution in [1.82, 2.24) is 4.90 Å². The van der Waals surface area contributed by atoms with Crippen LogP contribution in [0.3, 0.4) is 0 Å². The maximum absolute atomic E-state index is 5.89. The van der Waals surface area contributed by atoms with Crippen LogP contribution in [-0.4, -0.2) is 45.0 Å². The Labute approximate surface area is 206 Å². The molecule has 1 unspecified atom stereocenters. The molecule has 3 aromatic rings. The summed E-state index contributed by atoms with van der Waals surface area (Å²) in [5, 5.41) is 4.10. The molecule has 4 rings (SSSR count). The molecule has 1 atom stereocenters. The highest BCUT2D eigenvalue weighted by atomic mass is 32.1. The Hall–Kier alpha value is -3.45. The number of thiocarbonyl (C=S) groups is 1. The van der Waals surface area contributed by atoms with Crippen LogP contribution in [0, 0.1) is 0 Å². The average molecular weight is 479 g/mol. The molecule has 0 aromatic heterocycles. The van der Waals surface area contributed by atoms with Crippen LogP contribution < -0.4 is 24.3 Å². The van der Waals surface area contributed by atoms with E-state index in [1.807, 2.05) is 42.5 Å². The van der Waals surface area contributed by atoms with Crippen molar-refractivity contribution in [3.8, 4) is 23.0 Å². The number of hydrogen-bond donors (Lipinski definition) is 1. The van der Waals surface area contributed by atoms with Gasteiger partial charge in [0.1, 0.15) is 0 Å². The number of anilines is 1. The van der Waals surface area contributed by atoms with E-state index in [1.54, 1.807) is 28.4 Å². The third kappa shape index (κ3) is 4.89. The summed E-state index contributed by atoms with van der Waals surface area (Å²) in [5.74, 6) is 2.87. The standard InChI is InChI=1S/C27H30N2O4S/c1-30-23-11-10-18(15-24(23)31-2)14-22-21-17-26(33-4)25(32-3)16-19(21)12-13-29(22)27(34)28-20-8-6-5-7-9-20/h5-11,15-17,22H,12-14H2,1-4H3,(H,28,34). The highest BCUT2D eigenvalue weighted by molar-refractivity contribution is 7.80. The molecule has 0 fully saturated rings. The van der Waals surface area contributed by atoms with Crippen LogP contribution in [0.25, 0.3) is 0 Å². The third-order valence-corrected chi connectivity index (χ3v) is 6.50. The number of benzene rings is 3. The molecule has 178 valence electrons. The summed E-state index contributed by atoms with van der Waals surface area (Å²) < 4.78 is 22.2. The van der Waals surface area contributed by atoms with Crippen molar-refractivity contribution in [2.45, 2.75) is 18.9 Å². The van der Waals surface area contributed by atoms with E-state index < -0.39 is 0 Å². The van der Waals surface area contributed by atoms with Crippen LogP contribution >= 0.6 is 12.2 Å². The predicted octanol–water partition coefficient (Wildman–Crippen LogP) is 5.26. The molecule has 0 aliphatic carbocycles. The van der Waals surface area contributed by atoms with E-state index in [-0.39, 0.29) is 6.04 Å². The van der Waals surface area contributed by atoms with E-state index in [9.17, 15) is 0 Å². The number of para-hydroxylation sites is 1. The summed E-state index contributed by atoms with van der Waals surface area (Å²) in [6.45, 7) is 0.791. The molecule has 0 spiro atoms. The van der Waals surface area contributed by atoms with Crippen molar-refractivity contribution < 1.29 is 18.9 Å². The van der Waals surface area contributed by atoms with Gasteiger partial charge in [-0.3, -0.25) is 0 Å². The van der Waals surface area contributed by atoms with Gasteiger partial charge in [-0.15, -0.1) is 0 Å². The fraction of sp³-hybridized carbons (Fsp3) is 0.296. The largest absolute Gasteiger partial charge is 0.493 e. The Bertz CT molecular complexity index is 1150. The van der Waals surface area contributed by atoms with E-state index in [0.717, 1.165) is 36.4 Å². The second-order valence-corrected chi connectivity index (χ2v) is 8.44. The minimum absolute atomic E-state index is 0.00497. The number of nitrogens with zero attached hydrogens (tertiary/aromatic N) is 1. The summed E-state index contributed by atoms with van der Waals surface area (Å²) in [7, 11) is 6.62. The molecular formula is C27H30N2O4S. The molecular weight excluding hydrogens is 448 g/mol. The number of rotatable bonds is 7. The topological polar surface area (TPSA) is 52.2 Å². The Morgan fingerprint density at radius 1 is 0.853 bits per heavy atom. The van der Waals surface area contributed by atoms with Crippen LogP contribution in [0.5, 0.6) is 23.0 Å². The molecule has 1 heterocycles. The summed E-state index contributed by atoms with van der Waals surface area (Å²) in [4.78, 5) is 2.26. The van der Waals surface area contributed by atoms with E-state index in [1.165, 1.54) is 11.1 Å². The van der Waals surface area contributed by atoms with Gasteiger partial charge in [-0.05, 0) is 78.1 Å². The fourth-order valence-electron chi connectivity index (χ4n) is 4.44. The zero-order chi connectivity index (χ0) is 24.1. The van der Waals surface area contributed by atoms with Gasteiger partial charge >= 0.3 is 0 Å². The van der Waals surface area contributed by atoms with Crippen LogP contribution in [0.1, 0.15) is 22.7 Å². The Morgan fingerprint density at radius 2 is 1.50 bits per heavy atom. The third-order valence-electron chi connectivity index (χ3n) is 6.17. The van der Waals surface area contributed by atoms with Crippen molar-refractivity contribution in [2.75, 3.05) is 40.3 Å². The second kappa shape index (κ2) is 10.7. The second-order valence-electron chi connectivity index (χ2n) is 8.05. The van der Waals surface area contributed by atoms with Gasteiger partial charge in [-0.1, -0.05) is 24.3 Å². The summed E-state index contributed by atoms with van der Waals surface area (Å²) in [6.07, 6.45) is 1.59. The summed E-state index contributed by atoms with van der Waals surface area (Å²) in [5.41, 5.74) is 4.51. The zero-order valence-corrected chi connectivity index (χ0v) is 20.8. The number of fused-ring (bicyclic) bond motifs is 1. The van der Waals surface area contributed by atoms with Crippen molar-refractivity contribution in [2.24, 2.45) is 0 Å². The first-order chi connectivity index (χ1) is 16.6. The fourth-order valence-corrected chi connectivity index (χ4v) is 4.78. The van der Waals surface area contributed by atoms with E-state index in [4.69, 9.17) is 31.2 Å². The number of methoxy groups -OCH3 is 4. The van der Waals surface area contributed by atoms with Gasteiger partial charge in [0.15, 0.2) is 28.1 Å². The molecule has 6 nitrogen and oxygen atoms in total. The van der Waals surface area contributed by atoms with Crippen LogP contribution in [0.4, 0.5) is 5.69 Å². The van der Waals surface area contributed by atoms with E-state index >= 15 is 0 Å². The van der Waals surface area contributed by atoms with Gasteiger partial charge in [-0.25, -0.2) is 0 Å². The summed E-state index contributed by atoms with van der Waals surface area (Å²) in [6, 6.07) is 20.2. The minimum Gasteiger partial charge on any atom is -0.493 e. The van der Waals surface area contributed by atoms with Gasteiger partial charge in [-0.2, -0.15) is 0 Å². The van der Waals surface area contributed by atoms with Crippen LogP contribution in [0.15, 0.2) is 60.7 Å². The van der Waals surface area contributed by atoms with Gasteiger partial charge < -0.3 is 29.2 Å². The quantitative estimate of drug-likeness (QED) is 0.465. The molecule has 3 aromatic carbocycles. The SMILES string of the molecule is COc1ccc(CC2c3cc(OC)c(OC)cc3CCN2C(=S)Nc2ccccc2)cc1OC. The molecule has 0 saturated heterocycles. The number of hydrogen-bond acceptors (Lipinski definition) is 5. The Balaban J connectivity index is 1.72. The average Bonchev–Trinajstić information content (AvgIpc) is 2.88. The molecule has 0 saturated carbocycles. The monoisotopic (exact) mass is 478 g/mol. The van der Waals surface area contributed by atoms with Crippen LogP contribution in [0.2, 0.25) is 0 Å². The first kappa shape index (κ1) is 23.7. The maximum Gasteiger partial charge on any atom is 0.173 e. The van der Waals surface area contributed by atoms with Gasteiger partial charge in [0.25, 0.3) is 0 Å². The lowest BCUT2D eigenvalue weighted by molar-refractivity contribution is 0.295. The molecule has 1 aliphatic heterocycles. The molecule has 1 aliphatic rings. The maximum atomic E-state index is 5.89. The van der Waals surface area contributed by atoms with Gasteiger partial charge in [0, 0.05) is 12.2 Å². The zero-order valence-electron chi connectivity index (χ0n) is 20.0. The Kier molecular flexibility index (Phi) is 7.43. The molecule has 34 heavy (non-hydrogen) atoms. The molecule has 0 amide bonds. The smallest absolute Gasteiger partial charge is 0.173 e. The normalized spacial score (nSPS) is 14.7. The predicted molar refractivity (Wildman–Crippen MR) is 139 cm³/mol. The summed E-state index contributed by atoms with van der Waals surface area (Å²) >= 11 is 5.89. The highest BCUT2D eigenvalue weighted by Gasteiger charge is 2.31. The van der Waals surface area contributed by atoms with E-state index in [2.05, 4.69) is 28.4 Å². The number of nitrogens with one attached hydrogen (secondary N) is 1. The lowest BCUT2D eigenvalue weighted by Crippen LogP contribution is -2.43. The van der Waals surface area contributed by atoms with Crippen molar-refractivity contribution in [3.63, 3.8) is 0 Å².